The van der Waals surface area contributed by atoms with Crippen LogP contribution in [0.25, 0.3) is 0 Å². The number of nitrogens with zero attached hydrogens (tertiary/aromatic N) is 2. The van der Waals surface area contributed by atoms with Gasteiger partial charge in [0.2, 0.25) is 0 Å². The summed E-state index contributed by atoms with van der Waals surface area (Å²) in [5.74, 6) is 0.529. The summed E-state index contributed by atoms with van der Waals surface area (Å²) in [6.07, 6.45) is 4.21. The summed E-state index contributed by atoms with van der Waals surface area (Å²) in [6.45, 7) is 0. The molecule has 1 aromatic carbocycles. The van der Waals surface area contributed by atoms with Crippen molar-refractivity contribution in [1.29, 1.82) is 0 Å². The molecule has 1 aromatic heterocycles. The van der Waals surface area contributed by atoms with Crippen molar-refractivity contribution in [2.24, 2.45) is 7.05 Å². The highest BCUT2D eigenvalue weighted by molar-refractivity contribution is 6.30. The first kappa shape index (κ1) is 13.1. The average Bonchev–Trinajstić information content (AvgIpc) is 2.76. The van der Waals surface area contributed by atoms with Crippen molar-refractivity contribution in [2.45, 2.75) is 12.5 Å². The van der Waals surface area contributed by atoms with E-state index in [0.717, 1.165) is 5.82 Å². The van der Waals surface area contributed by atoms with E-state index in [2.05, 4.69) is 10.3 Å². The molecular formula is C13H15ClFN3. The van der Waals surface area contributed by atoms with Gasteiger partial charge in [-0.05, 0) is 13.1 Å². The Balaban J connectivity index is 2.29. The monoisotopic (exact) mass is 267 g/mol. The molecule has 0 fully saturated rings. The maximum Gasteiger partial charge on any atom is 0.146 e. The summed E-state index contributed by atoms with van der Waals surface area (Å²) in [4.78, 5) is 4.25. The fourth-order valence-corrected chi connectivity index (χ4v) is 2.11. The Kier molecular flexibility index (Phi) is 3.99. The van der Waals surface area contributed by atoms with Gasteiger partial charge < -0.3 is 9.88 Å². The second-order valence-corrected chi connectivity index (χ2v) is 4.55. The van der Waals surface area contributed by atoms with Gasteiger partial charge in [0.15, 0.2) is 0 Å². The molecule has 96 valence electrons. The number of rotatable bonds is 4. The van der Waals surface area contributed by atoms with Crippen LogP contribution in [-0.2, 0) is 13.5 Å². The van der Waals surface area contributed by atoms with Crippen LogP contribution in [0.15, 0.2) is 30.6 Å². The number of benzene rings is 1. The van der Waals surface area contributed by atoms with E-state index in [1.54, 1.807) is 31.4 Å². The third kappa shape index (κ3) is 2.54. The zero-order chi connectivity index (χ0) is 13.1. The van der Waals surface area contributed by atoms with E-state index in [9.17, 15) is 4.39 Å². The number of aromatic nitrogens is 2. The summed E-state index contributed by atoms with van der Waals surface area (Å²) < 4.78 is 15.9. The number of hydrogen-bond donors (Lipinski definition) is 1. The van der Waals surface area contributed by atoms with Crippen LogP contribution in [0.1, 0.15) is 17.4 Å². The van der Waals surface area contributed by atoms with Crippen LogP contribution in [0.4, 0.5) is 4.39 Å². The molecule has 0 amide bonds. The molecule has 5 heteroatoms. The molecule has 1 heterocycles. The number of nitrogens with one attached hydrogen (secondary N) is 1. The highest BCUT2D eigenvalue weighted by Crippen LogP contribution is 2.25. The first-order valence-electron chi connectivity index (χ1n) is 5.71. The fraction of sp³-hybridized carbons (Fsp3) is 0.308. The van der Waals surface area contributed by atoms with Crippen molar-refractivity contribution in [3.63, 3.8) is 0 Å². The Morgan fingerprint density at radius 3 is 2.89 bits per heavy atom. The van der Waals surface area contributed by atoms with Crippen LogP contribution in [0.3, 0.4) is 0 Å². The van der Waals surface area contributed by atoms with Crippen molar-refractivity contribution in [1.82, 2.24) is 14.9 Å². The molecule has 1 N–H and O–H groups in total. The van der Waals surface area contributed by atoms with Crippen molar-refractivity contribution in [3.8, 4) is 0 Å². The fourth-order valence-electron chi connectivity index (χ4n) is 1.93. The van der Waals surface area contributed by atoms with Crippen molar-refractivity contribution in [2.75, 3.05) is 7.05 Å². The van der Waals surface area contributed by atoms with Gasteiger partial charge in [-0.1, -0.05) is 23.7 Å². The van der Waals surface area contributed by atoms with Gasteiger partial charge in [0, 0.05) is 37.5 Å². The SMILES string of the molecule is CNC(Cc1nccn1C)c1cccc(Cl)c1F. The second kappa shape index (κ2) is 5.50. The molecule has 1 unspecified atom stereocenters. The maximum atomic E-state index is 14.0. The van der Waals surface area contributed by atoms with Crippen LogP contribution in [-0.4, -0.2) is 16.6 Å². The van der Waals surface area contributed by atoms with Crippen LogP contribution >= 0.6 is 11.6 Å². The third-order valence-corrected chi connectivity index (χ3v) is 3.30. The molecule has 0 saturated carbocycles. The van der Waals surface area contributed by atoms with E-state index >= 15 is 0 Å². The molecule has 0 bridgehead atoms. The molecule has 0 spiro atoms. The first-order valence-corrected chi connectivity index (χ1v) is 6.08. The standard InChI is InChI=1S/C13H15ClFN3/c1-16-11(8-12-17-6-7-18(12)2)9-4-3-5-10(14)13(9)15/h3-7,11,16H,8H2,1-2H3. The van der Waals surface area contributed by atoms with E-state index in [1.165, 1.54) is 0 Å². The lowest BCUT2D eigenvalue weighted by atomic mass is 10.0. The Morgan fingerprint density at radius 1 is 1.50 bits per heavy atom. The normalized spacial score (nSPS) is 12.7. The van der Waals surface area contributed by atoms with Gasteiger partial charge in [0.25, 0.3) is 0 Å². The zero-order valence-electron chi connectivity index (χ0n) is 10.3. The van der Waals surface area contributed by atoms with Crippen molar-refractivity contribution < 1.29 is 4.39 Å². The molecule has 18 heavy (non-hydrogen) atoms. The van der Waals surface area contributed by atoms with Crippen LogP contribution in [0.5, 0.6) is 0 Å². The first-order chi connectivity index (χ1) is 8.63. The average molecular weight is 268 g/mol. The molecule has 0 aliphatic carbocycles. The summed E-state index contributed by atoms with van der Waals surface area (Å²) in [5, 5.41) is 3.25. The molecule has 2 aromatic rings. The van der Waals surface area contributed by atoms with Gasteiger partial charge >= 0.3 is 0 Å². The molecule has 3 nitrogen and oxygen atoms in total. The predicted molar refractivity (Wildman–Crippen MR) is 70.1 cm³/mol. The molecular weight excluding hydrogens is 253 g/mol. The lowest BCUT2D eigenvalue weighted by Crippen LogP contribution is -2.21. The zero-order valence-corrected chi connectivity index (χ0v) is 11.1. The van der Waals surface area contributed by atoms with E-state index in [1.807, 2.05) is 17.8 Å². The van der Waals surface area contributed by atoms with Crippen LogP contribution in [0, 0.1) is 5.82 Å². The smallest absolute Gasteiger partial charge is 0.146 e. The van der Waals surface area contributed by atoms with Gasteiger partial charge in [-0.15, -0.1) is 0 Å². The highest BCUT2D eigenvalue weighted by atomic mass is 35.5. The topological polar surface area (TPSA) is 29.9 Å². The van der Waals surface area contributed by atoms with E-state index < -0.39 is 0 Å². The van der Waals surface area contributed by atoms with E-state index in [4.69, 9.17) is 11.6 Å². The molecule has 0 aliphatic heterocycles. The Labute approximate surface area is 111 Å². The highest BCUT2D eigenvalue weighted by Gasteiger charge is 2.17. The predicted octanol–water partition coefficient (Wildman–Crippen LogP) is 2.72. The summed E-state index contributed by atoms with van der Waals surface area (Å²) in [7, 11) is 3.72. The number of imidazole rings is 1. The maximum absolute atomic E-state index is 14.0. The summed E-state index contributed by atoms with van der Waals surface area (Å²) in [6, 6.07) is 4.90. The molecule has 0 saturated heterocycles. The molecule has 0 radical (unpaired) electrons. The van der Waals surface area contributed by atoms with E-state index in [-0.39, 0.29) is 16.9 Å². The lowest BCUT2D eigenvalue weighted by Gasteiger charge is -2.17. The number of hydrogen-bond acceptors (Lipinski definition) is 2. The largest absolute Gasteiger partial charge is 0.338 e. The minimum absolute atomic E-state index is 0.146. The third-order valence-electron chi connectivity index (χ3n) is 3.01. The van der Waals surface area contributed by atoms with Gasteiger partial charge in [0.1, 0.15) is 11.6 Å². The van der Waals surface area contributed by atoms with Crippen molar-refractivity contribution >= 4 is 11.6 Å². The van der Waals surface area contributed by atoms with Gasteiger partial charge in [-0.3, -0.25) is 0 Å². The summed E-state index contributed by atoms with van der Waals surface area (Å²) >= 11 is 5.80. The minimum Gasteiger partial charge on any atom is -0.338 e. The van der Waals surface area contributed by atoms with Crippen molar-refractivity contribution in [3.05, 3.63) is 52.8 Å². The quantitative estimate of drug-likeness (QED) is 0.923. The number of halogens is 2. The molecule has 0 aliphatic rings. The molecule has 2 rings (SSSR count). The second-order valence-electron chi connectivity index (χ2n) is 4.14. The Morgan fingerprint density at radius 2 is 2.28 bits per heavy atom. The van der Waals surface area contributed by atoms with Crippen LogP contribution < -0.4 is 5.32 Å². The minimum atomic E-state index is -0.368. The number of likely N-dealkylation sites (N-methyl/N-ethyl adjacent to an activating group) is 1. The van der Waals surface area contributed by atoms with Crippen LogP contribution in [0.2, 0.25) is 5.02 Å². The number of aryl methyl sites for hydroxylation is 1. The van der Waals surface area contributed by atoms with Gasteiger partial charge in [-0.2, -0.15) is 0 Å². The lowest BCUT2D eigenvalue weighted by molar-refractivity contribution is 0.520. The Bertz CT molecular complexity index is 539. The van der Waals surface area contributed by atoms with Gasteiger partial charge in [-0.25, -0.2) is 9.37 Å². The Hall–Kier alpha value is -1.39. The summed E-state index contributed by atoms with van der Waals surface area (Å²) in [5.41, 5.74) is 0.563. The van der Waals surface area contributed by atoms with Gasteiger partial charge in [0.05, 0.1) is 5.02 Å². The molecule has 1 atom stereocenters. The van der Waals surface area contributed by atoms with E-state index in [0.29, 0.717) is 12.0 Å².